The number of hydrogen-bond acceptors (Lipinski definition) is 5. The number of rotatable bonds is 5. The first-order chi connectivity index (χ1) is 19.9. The van der Waals surface area contributed by atoms with Crippen LogP contribution in [0, 0.1) is 5.41 Å². The van der Waals surface area contributed by atoms with Crippen LogP contribution >= 0.6 is 34.8 Å². The van der Waals surface area contributed by atoms with Crippen molar-refractivity contribution in [3.05, 3.63) is 86.4 Å². The van der Waals surface area contributed by atoms with Crippen molar-refractivity contribution >= 4 is 58.1 Å². The van der Waals surface area contributed by atoms with E-state index in [1.807, 2.05) is 24.3 Å². The number of benzene rings is 3. The normalized spacial score (nSPS) is 25.1. The van der Waals surface area contributed by atoms with E-state index in [0.717, 1.165) is 23.2 Å². The van der Waals surface area contributed by atoms with Gasteiger partial charge in [-0.05, 0) is 59.4 Å². The maximum Gasteiger partial charge on any atom is 0.335 e. The van der Waals surface area contributed by atoms with Crippen LogP contribution in [0.3, 0.4) is 0 Å². The number of carboxylic acid groups (broad SMARTS) is 1. The number of carbonyl (C=O) groups is 2. The molecule has 7 nitrogen and oxygen atoms in total. The number of carboxylic acids is 1. The fraction of sp³-hybridized carbons (Fsp3) is 0.375. The van der Waals surface area contributed by atoms with Gasteiger partial charge in [-0.15, -0.1) is 0 Å². The minimum absolute atomic E-state index is 0.0595. The Morgan fingerprint density at radius 1 is 1.12 bits per heavy atom. The Hall–Kier alpha value is -2.97. The van der Waals surface area contributed by atoms with Gasteiger partial charge in [0.25, 0.3) is 0 Å². The van der Waals surface area contributed by atoms with Crippen LogP contribution in [-0.2, 0) is 10.2 Å². The van der Waals surface area contributed by atoms with E-state index in [0.29, 0.717) is 39.7 Å². The SMILES string of the molecule is COc1cc(C(=O)O)ccc1N1CN2[C@@H](CC(C)(C)C)[C@@]3(CNc4cc(Cl)ccc43)[C@@H](c3cccc(Cl)c3Cl)[C@@H]2C1=O. The van der Waals surface area contributed by atoms with E-state index in [1.165, 1.54) is 19.2 Å². The highest BCUT2D eigenvalue weighted by molar-refractivity contribution is 6.42. The van der Waals surface area contributed by atoms with Crippen molar-refractivity contribution in [3.8, 4) is 5.75 Å². The minimum Gasteiger partial charge on any atom is -0.495 e. The third-order valence-electron chi connectivity index (χ3n) is 8.94. The van der Waals surface area contributed by atoms with Crippen LogP contribution in [-0.4, -0.2) is 54.3 Å². The van der Waals surface area contributed by atoms with Gasteiger partial charge in [-0.2, -0.15) is 0 Å². The van der Waals surface area contributed by atoms with E-state index >= 15 is 0 Å². The Balaban J connectivity index is 1.57. The number of amides is 1. The summed E-state index contributed by atoms with van der Waals surface area (Å²) in [6, 6.07) is 15.5. The number of halogens is 3. The Bertz CT molecular complexity index is 1610. The van der Waals surface area contributed by atoms with Crippen LogP contribution in [0.5, 0.6) is 5.75 Å². The van der Waals surface area contributed by atoms with Gasteiger partial charge in [0.1, 0.15) is 5.75 Å². The Morgan fingerprint density at radius 3 is 2.57 bits per heavy atom. The Morgan fingerprint density at radius 2 is 1.88 bits per heavy atom. The van der Waals surface area contributed by atoms with Gasteiger partial charge in [0.15, 0.2) is 0 Å². The summed E-state index contributed by atoms with van der Waals surface area (Å²) >= 11 is 20.0. The summed E-state index contributed by atoms with van der Waals surface area (Å²) < 4.78 is 5.59. The average Bonchev–Trinajstić information content (AvgIpc) is 3.55. The lowest BCUT2D eigenvalue weighted by Gasteiger charge is -2.42. The first-order valence-corrected chi connectivity index (χ1v) is 15.0. The van der Waals surface area contributed by atoms with Gasteiger partial charge in [0.2, 0.25) is 5.91 Å². The third-order valence-corrected chi connectivity index (χ3v) is 10.0. The highest BCUT2D eigenvalue weighted by Gasteiger charge is 2.67. The largest absolute Gasteiger partial charge is 0.495 e. The van der Waals surface area contributed by atoms with Gasteiger partial charge < -0.3 is 15.2 Å². The summed E-state index contributed by atoms with van der Waals surface area (Å²) in [6.45, 7) is 7.55. The van der Waals surface area contributed by atoms with E-state index in [1.54, 1.807) is 17.0 Å². The zero-order valence-electron chi connectivity index (χ0n) is 23.7. The van der Waals surface area contributed by atoms with Crippen LogP contribution in [0.15, 0.2) is 54.6 Å². The fourth-order valence-corrected chi connectivity index (χ4v) is 7.93. The van der Waals surface area contributed by atoms with Crippen molar-refractivity contribution in [3.63, 3.8) is 0 Å². The highest BCUT2D eigenvalue weighted by atomic mass is 35.5. The summed E-state index contributed by atoms with van der Waals surface area (Å²) in [5.74, 6) is -1.18. The van der Waals surface area contributed by atoms with E-state index < -0.39 is 17.4 Å². The predicted octanol–water partition coefficient (Wildman–Crippen LogP) is 7.29. The minimum atomic E-state index is -1.07. The molecule has 0 saturated carbocycles. The molecule has 10 heteroatoms. The van der Waals surface area contributed by atoms with Gasteiger partial charge in [-0.1, -0.05) is 73.8 Å². The van der Waals surface area contributed by atoms with E-state index in [-0.39, 0.29) is 28.8 Å². The standard InChI is InChI=1S/C32H32Cl3N3O4/c1-31(2,3)14-25-32(15-36-22-13-18(33)9-10-20(22)32)26(19-6-5-7-21(34)27(19)35)28-29(39)37(16-38(25)28)23-11-8-17(30(40)41)12-24(23)42-4/h5-13,25-26,28,36H,14-16H2,1-4H3,(H,40,41)/t25-,26-,28+,32-/m0/s1. The smallest absolute Gasteiger partial charge is 0.335 e. The fourth-order valence-electron chi connectivity index (χ4n) is 7.33. The van der Waals surface area contributed by atoms with Crippen molar-refractivity contribution < 1.29 is 19.4 Å². The Kier molecular flexibility index (Phi) is 7.17. The molecule has 2 fully saturated rings. The molecule has 2 saturated heterocycles. The molecule has 3 aliphatic heterocycles. The molecule has 0 bridgehead atoms. The van der Waals surface area contributed by atoms with Crippen LogP contribution in [0.2, 0.25) is 15.1 Å². The number of nitrogens with one attached hydrogen (secondary N) is 1. The number of anilines is 2. The molecule has 0 unspecified atom stereocenters. The summed E-state index contributed by atoms with van der Waals surface area (Å²) in [5.41, 5.74) is 2.93. The van der Waals surface area contributed by atoms with E-state index in [9.17, 15) is 14.7 Å². The van der Waals surface area contributed by atoms with Crippen LogP contribution in [0.1, 0.15) is 54.6 Å². The van der Waals surface area contributed by atoms with Gasteiger partial charge in [0.05, 0.1) is 41.1 Å². The van der Waals surface area contributed by atoms with Crippen molar-refractivity contribution in [2.45, 2.75) is 50.6 Å². The highest BCUT2D eigenvalue weighted by Crippen LogP contribution is 2.62. The maximum atomic E-state index is 14.7. The number of fused-ring (bicyclic) bond motifs is 3. The molecular formula is C32H32Cl3N3O4. The number of methoxy groups -OCH3 is 1. The summed E-state index contributed by atoms with van der Waals surface area (Å²) in [5, 5.41) is 14.7. The number of ether oxygens (including phenoxy) is 1. The first kappa shape index (κ1) is 29.1. The second-order valence-corrected chi connectivity index (χ2v) is 13.8. The second kappa shape index (κ2) is 10.3. The van der Waals surface area contributed by atoms with E-state index in [2.05, 4.69) is 37.1 Å². The summed E-state index contributed by atoms with van der Waals surface area (Å²) in [4.78, 5) is 30.3. The lowest BCUT2D eigenvalue weighted by atomic mass is 9.63. The molecule has 3 aliphatic rings. The van der Waals surface area contributed by atoms with Crippen molar-refractivity contribution in [2.75, 3.05) is 30.5 Å². The Labute approximate surface area is 260 Å². The predicted molar refractivity (Wildman–Crippen MR) is 167 cm³/mol. The molecule has 0 aliphatic carbocycles. The number of aromatic carboxylic acids is 1. The number of carbonyl (C=O) groups excluding carboxylic acids is 1. The molecule has 0 radical (unpaired) electrons. The molecule has 0 aromatic heterocycles. The number of nitrogens with zero attached hydrogens (tertiary/aromatic N) is 2. The molecule has 1 amide bonds. The molecule has 4 atom stereocenters. The molecular weight excluding hydrogens is 597 g/mol. The van der Waals surface area contributed by atoms with Crippen LogP contribution in [0.4, 0.5) is 11.4 Å². The van der Waals surface area contributed by atoms with Crippen molar-refractivity contribution in [1.82, 2.24) is 4.90 Å². The van der Waals surface area contributed by atoms with Gasteiger partial charge >= 0.3 is 5.97 Å². The zero-order valence-corrected chi connectivity index (χ0v) is 26.0. The first-order valence-electron chi connectivity index (χ1n) is 13.8. The number of hydrogen-bond donors (Lipinski definition) is 2. The summed E-state index contributed by atoms with van der Waals surface area (Å²) in [7, 11) is 1.48. The molecule has 6 rings (SSSR count). The third kappa shape index (κ3) is 4.44. The molecule has 3 heterocycles. The van der Waals surface area contributed by atoms with Crippen molar-refractivity contribution in [2.24, 2.45) is 5.41 Å². The lowest BCUT2D eigenvalue weighted by molar-refractivity contribution is -0.119. The van der Waals surface area contributed by atoms with Gasteiger partial charge in [-0.3, -0.25) is 14.6 Å². The quantitative estimate of drug-likeness (QED) is 0.309. The van der Waals surface area contributed by atoms with Crippen LogP contribution in [0.25, 0.3) is 0 Å². The summed E-state index contributed by atoms with van der Waals surface area (Å²) in [6.07, 6.45) is 0.804. The molecule has 42 heavy (non-hydrogen) atoms. The zero-order chi connectivity index (χ0) is 30.1. The van der Waals surface area contributed by atoms with Crippen LogP contribution < -0.4 is 15.0 Å². The molecule has 220 valence electrons. The van der Waals surface area contributed by atoms with Gasteiger partial charge in [-0.25, -0.2) is 4.79 Å². The van der Waals surface area contributed by atoms with Crippen molar-refractivity contribution in [1.29, 1.82) is 0 Å². The second-order valence-electron chi connectivity index (χ2n) is 12.5. The lowest BCUT2D eigenvalue weighted by Crippen LogP contribution is -2.49. The molecule has 1 spiro atoms. The van der Waals surface area contributed by atoms with E-state index in [4.69, 9.17) is 39.5 Å². The molecule has 3 aromatic carbocycles. The average molecular weight is 629 g/mol. The molecule has 3 aromatic rings. The monoisotopic (exact) mass is 627 g/mol. The topological polar surface area (TPSA) is 82.1 Å². The molecule has 2 N–H and O–H groups in total. The van der Waals surface area contributed by atoms with Gasteiger partial charge in [0, 0.05) is 34.6 Å². The maximum absolute atomic E-state index is 14.7.